The zero-order chi connectivity index (χ0) is 19.3. The molecule has 0 saturated carbocycles. The Labute approximate surface area is 168 Å². The van der Waals surface area contributed by atoms with E-state index in [9.17, 15) is 5.11 Å². The molecule has 0 radical (unpaired) electrons. The molecule has 0 spiro atoms. The van der Waals surface area contributed by atoms with E-state index in [-0.39, 0.29) is 11.8 Å². The Balaban J connectivity index is 1.62. The number of aryl methyl sites for hydroxylation is 1. The van der Waals surface area contributed by atoms with Crippen molar-refractivity contribution in [3.63, 3.8) is 0 Å². The Kier molecular flexibility index (Phi) is 4.02. The van der Waals surface area contributed by atoms with Gasteiger partial charge in [-0.3, -0.25) is 0 Å². The maximum atomic E-state index is 10.5. The molecule has 2 aliphatic rings. The number of fused-ring (bicyclic) bond motifs is 3. The molecule has 140 valence electrons. The molecule has 3 aromatic rings. The molecule has 0 aliphatic carbocycles. The highest BCUT2D eigenvalue weighted by molar-refractivity contribution is 6.30. The average Bonchev–Trinajstić information content (AvgIpc) is 3.15. The van der Waals surface area contributed by atoms with Crippen molar-refractivity contribution in [1.82, 2.24) is 5.01 Å². The Morgan fingerprint density at radius 3 is 2.64 bits per heavy atom. The number of benzene rings is 3. The van der Waals surface area contributed by atoms with E-state index in [1.54, 1.807) is 18.2 Å². The molecule has 5 heteroatoms. The second kappa shape index (κ2) is 6.57. The van der Waals surface area contributed by atoms with E-state index in [0.29, 0.717) is 10.6 Å². The number of phenolic OH excluding ortho intramolecular Hbond substituents is 1. The number of phenols is 1. The summed E-state index contributed by atoms with van der Waals surface area (Å²) >= 11 is 6.20. The highest BCUT2D eigenvalue weighted by Gasteiger charge is 2.41. The van der Waals surface area contributed by atoms with E-state index < -0.39 is 6.23 Å². The number of hydrogen-bond acceptors (Lipinski definition) is 4. The molecule has 0 bridgehead atoms. The molecular formula is C23H19ClN2O2. The Bertz CT molecular complexity index is 1080. The van der Waals surface area contributed by atoms with Crippen LogP contribution < -0.4 is 4.74 Å². The molecule has 3 aromatic carbocycles. The largest absolute Gasteiger partial charge is 0.507 e. The summed E-state index contributed by atoms with van der Waals surface area (Å²) in [6.45, 7) is 2.07. The van der Waals surface area contributed by atoms with Crippen molar-refractivity contribution in [3.05, 3.63) is 94.0 Å². The molecule has 2 aliphatic heterocycles. The third kappa shape index (κ3) is 2.81. The predicted octanol–water partition coefficient (Wildman–Crippen LogP) is 5.60. The summed E-state index contributed by atoms with van der Waals surface area (Å²) in [6.07, 6.45) is 0.239. The molecule has 0 saturated heterocycles. The monoisotopic (exact) mass is 390 g/mol. The molecule has 2 heterocycles. The number of aromatic hydroxyl groups is 1. The fourth-order valence-electron chi connectivity index (χ4n) is 3.88. The zero-order valence-corrected chi connectivity index (χ0v) is 16.1. The molecule has 0 fully saturated rings. The van der Waals surface area contributed by atoms with Crippen LogP contribution in [0.2, 0.25) is 5.02 Å². The zero-order valence-electron chi connectivity index (χ0n) is 15.3. The lowest BCUT2D eigenvalue weighted by Gasteiger charge is -2.38. The maximum absolute atomic E-state index is 10.5. The quantitative estimate of drug-likeness (QED) is 0.619. The van der Waals surface area contributed by atoms with E-state index in [2.05, 4.69) is 37.3 Å². The van der Waals surface area contributed by atoms with Crippen molar-refractivity contribution in [1.29, 1.82) is 0 Å². The summed E-state index contributed by atoms with van der Waals surface area (Å²) in [5.74, 6) is 0.958. The lowest BCUT2D eigenvalue weighted by molar-refractivity contribution is -0.0203. The van der Waals surface area contributed by atoms with Crippen molar-refractivity contribution < 1.29 is 9.84 Å². The van der Waals surface area contributed by atoms with E-state index in [1.807, 2.05) is 23.2 Å². The fraction of sp³-hybridized carbons (Fsp3) is 0.174. The molecule has 0 aromatic heterocycles. The number of ether oxygens (including phenoxy) is 1. The Morgan fingerprint density at radius 2 is 1.82 bits per heavy atom. The van der Waals surface area contributed by atoms with Gasteiger partial charge in [0.15, 0.2) is 0 Å². The SMILES string of the molecule is Cc1ccc(C2=NN3[C@H](C2)c2ccccc2O[C@@H]3c2cc(Cl)ccc2O)cc1. The molecule has 2 atom stereocenters. The van der Waals surface area contributed by atoms with Gasteiger partial charge in [-0.2, -0.15) is 5.10 Å². The first-order valence-electron chi connectivity index (χ1n) is 9.27. The first-order valence-corrected chi connectivity index (χ1v) is 9.65. The third-order valence-electron chi connectivity index (χ3n) is 5.34. The summed E-state index contributed by atoms with van der Waals surface area (Å²) < 4.78 is 6.27. The van der Waals surface area contributed by atoms with Gasteiger partial charge < -0.3 is 9.84 Å². The van der Waals surface area contributed by atoms with Crippen molar-refractivity contribution in [2.24, 2.45) is 5.10 Å². The Hall–Kier alpha value is -2.98. The van der Waals surface area contributed by atoms with Crippen LogP contribution in [0.4, 0.5) is 0 Å². The van der Waals surface area contributed by atoms with Gasteiger partial charge in [0.2, 0.25) is 6.23 Å². The van der Waals surface area contributed by atoms with Crippen molar-refractivity contribution in [2.45, 2.75) is 25.6 Å². The van der Waals surface area contributed by atoms with Gasteiger partial charge in [0, 0.05) is 17.0 Å². The van der Waals surface area contributed by atoms with Gasteiger partial charge in [0.1, 0.15) is 11.5 Å². The van der Waals surface area contributed by atoms with Crippen LogP contribution in [-0.4, -0.2) is 15.8 Å². The van der Waals surface area contributed by atoms with Crippen molar-refractivity contribution >= 4 is 17.3 Å². The van der Waals surface area contributed by atoms with Gasteiger partial charge in [-0.25, -0.2) is 5.01 Å². The van der Waals surface area contributed by atoms with Crippen LogP contribution in [0.15, 0.2) is 71.8 Å². The summed E-state index contributed by atoms with van der Waals surface area (Å²) in [4.78, 5) is 0. The van der Waals surface area contributed by atoms with Crippen LogP contribution in [0, 0.1) is 6.92 Å². The van der Waals surface area contributed by atoms with Gasteiger partial charge in [-0.15, -0.1) is 0 Å². The van der Waals surface area contributed by atoms with Crippen LogP contribution in [0.1, 0.15) is 40.9 Å². The Morgan fingerprint density at radius 1 is 1.04 bits per heavy atom. The molecule has 5 rings (SSSR count). The summed E-state index contributed by atoms with van der Waals surface area (Å²) in [6, 6.07) is 21.5. The summed E-state index contributed by atoms with van der Waals surface area (Å²) in [5, 5.41) is 17.9. The van der Waals surface area contributed by atoms with Crippen LogP contribution >= 0.6 is 11.6 Å². The number of hydrogen-bond donors (Lipinski definition) is 1. The number of halogens is 1. The minimum atomic E-state index is -0.540. The van der Waals surface area contributed by atoms with Crippen LogP contribution in [0.5, 0.6) is 11.5 Å². The molecule has 4 nitrogen and oxygen atoms in total. The highest BCUT2D eigenvalue weighted by atomic mass is 35.5. The van der Waals surface area contributed by atoms with Crippen LogP contribution in [0.25, 0.3) is 0 Å². The normalized spacial score (nSPS) is 20.2. The minimum absolute atomic E-state index is 0.0460. The van der Waals surface area contributed by atoms with Crippen molar-refractivity contribution in [3.8, 4) is 11.5 Å². The predicted molar refractivity (Wildman–Crippen MR) is 110 cm³/mol. The number of para-hydroxylation sites is 1. The average molecular weight is 391 g/mol. The smallest absolute Gasteiger partial charge is 0.217 e. The minimum Gasteiger partial charge on any atom is -0.507 e. The first kappa shape index (κ1) is 17.1. The topological polar surface area (TPSA) is 45.1 Å². The van der Waals surface area contributed by atoms with Crippen LogP contribution in [-0.2, 0) is 0 Å². The number of nitrogens with zero attached hydrogens (tertiary/aromatic N) is 2. The van der Waals surface area contributed by atoms with E-state index in [4.69, 9.17) is 21.4 Å². The molecular weight excluding hydrogens is 372 g/mol. The lowest BCUT2D eigenvalue weighted by atomic mass is 9.95. The third-order valence-corrected chi connectivity index (χ3v) is 5.57. The van der Waals surface area contributed by atoms with Gasteiger partial charge in [-0.1, -0.05) is 59.6 Å². The highest BCUT2D eigenvalue weighted by Crippen LogP contribution is 2.48. The second-order valence-corrected chi connectivity index (χ2v) is 7.66. The summed E-state index contributed by atoms with van der Waals surface area (Å²) in [5.41, 5.74) is 5.05. The summed E-state index contributed by atoms with van der Waals surface area (Å²) in [7, 11) is 0. The molecule has 28 heavy (non-hydrogen) atoms. The van der Waals surface area contributed by atoms with Gasteiger partial charge >= 0.3 is 0 Å². The standard InChI is InChI=1S/C23H19ClN2O2/c1-14-6-8-15(9-7-14)19-13-20-17-4-2-3-5-22(17)28-23(26(20)25-19)18-12-16(24)10-11-21(18)27/h2-12,20,23,27H,13H2,1H3/t20-,23-/m1/s1. The fourth-order valence-corrected chi connectivity index (χ4v) is 4.06. The maximum Gasteiger partial charge on any atom is 0.217 e. The number of hydrazone groups is 1. The van der Waals surface area contributed by atoms with E-state index in [1.165, 1.54) is 5.56 Å². The molecule has 0 amide bonds. The van der Waals surface area contributed by atoms with Gasteiger partial charge in [-0.05, 0) is 36.8 Å². The lowest BCUT2D eigenvalue weighted by Crippen LogP contribution is -2.33. The second-order valence-electron chi connectivity index (χ2n) is 7.22. The molecule has 1 N–H and O–H groups in total. The van der Waals surface area contributed by atoms with Gasteiger partial charge in [0.05, 0.1) is 17.3 Å². The number of rotatable bonds is 2. The molecule has 0 unspecified atom stereocenters. The first-order chi connectivity index (χ1) is 13.6. The van der Waals surface area contributed by atoms with Crippen molar-refractivity contribution in [2.75, 3.05) is 0 Å². The van der Waals surface area contributed by atoms with E-state index >= 15 is 0 Å². The van der Waals surface area contributed by atoms with Gasteiger partial charge in [0.25, 0.3) is 0 Å². The van der Waals surface area contributed by atoms with E-state index in [0.717, 1.165) is 29.0 Å². The van der Waals surface area contributed by atoms with Crippen LogP contribution in [0.3, 0.4) is 0 Å².